The van der Waals surface area contributed by atoms with Crippen LogP contribution in [0.3, 0.4) is 0 Å². The fourth-order valence-corrected chi connectivity index (χ4v) is 4.31. The molecule has 0 bridgehead atoms. The average molecular weight is 354 g/mol. The first-order valence-electron chi connectivity index (χ1n) is 11.0. The van der Waals surface area contributed by atoms with E-state index < -0.39 is 0 Å². The van der Waals surface area contributed by atoms with E-state index in [1.807, 2.05) is 0 Å². The lowest BCUT2D eigenvalue weighted by Crippen LogP contribution is -2.54. The standard InChI is InChI=1S/C20H43N5/c1-3-7-17-15-24-18(8-4-2)16-25-20-10-6-5-9-19(20)23-14-12-21-11-13-22-17/h17-25H,3-16H2,1-2H3/t17-,18+,19-,20-/m1/s1. The van der Waals surface area contributed by atoms with Crippen LogP contribution in [0.5, 0.6) is 0 Å². The van der Waals surface area contributed by atoms with Gasteiger partial charge in [0.2, 0.25) is 0 Å². The van der Waals surface area contributed by atoms with Crippen LogP contribution >= 0.6 is 0 Å². The molecule has 2 rings (SSSR count). The van der Waals surface area contributed by atoms with Crippen molar-refractivity contribution in [2.45, 2.75) is 89.4 Å². The number of hydrogen-bond acceptors (Lipinski definition) is 5. The molecule has 148 valence electrons. The maximum absolute atomic E-state index is 3.91. The average Bonchev–Trinajstić information content (AvgIpc) is 2.63. The van der Waals surface area contributed by atoms with Crippen molar-refractivity contribution < 1.29 is 0 Å². The van der Waals surface area contributed by atoms with Crippen LogP contribution in [0.15, 0.2) is 0 Å². The molecule has 1 heterocycles. The molecule has 4 atom stereocenters. The van der Waals surface area contributed by atoms with Crippen LogP contribution in [0.2, 0.25) is 0 Å². The summed E-state index contributed by atoms with van der Waals surface area (Å²) in [6.07, 6.45) is 10.4. The Morgan fingerprint density at radius 2 is 1.20 bits per heavy atom. The van der Waals surface area contributed by atoms with E-state index in [1.54, 1.807) is 0 Å². The Morgan fingerprint density at radius 1 is 0.640 bits per heavy atom. The van der Waals surface area contributed by atoms with Crippen LogP contribution < -0.4 is 26.6 Å². The Hall–Kier alpha value is -0.200. The largest absolute Gasteiger partial charge is 0.314 e. The Balaban J connectivity index is 1.92. The van der Waals surface area contributed by atoms with E-state index in [9.17, 15) is 0 Å². The predicted molar refractivity (Wildman–Crippen MR) is 108 cm³/mol. The van der Waals surface area contributed by atoms with Gasteiger partial charge >= 0.3 is 0 Å². The zero-order chi connectivity index (χ0) is 17.7. The van der Waals surface area contributed by atoms with Gasteiger partial charge in [-0.1, -0.05) is 39.5 Å². The van der Waals surface area contributed by atoms with Crippen molar-refractivity contribution in [2.75, 3.05) is 39.3 Å². The molecule has 1 saturated heterocycles. The van der Waals surface area contributed by atoms with Crippen LogP contribution in [0, 0.1) is 0 Å². The number of fused-ring (bicyclic) bond motifs is 1. The quantitative estimate of drug-likeness (QED) is 0.531. The lowest BCUT2D eigenvalue weighted by Gasteiger charge is -2.34. The van der Waals surface area contributed by atoms with Crippen molar-refractivity contribution in [2.24, 2.45) is 0 Å². The van der Waals surface area contributed by atoms with Crippen LogP contribution in [0.4, 0.5) is 0 Å². The minimum absolute atomic E-state index is 0.594. The highest BCUT2D eigenvalue weighted by Crippen LogP contribution is 2.18. The van der Waals surface area contributed by atoms with Crippen molar-refractivity contribution >= 4 is 0 Å². The molecule has 25 heavy (non-hydrogen) atoms. The van der Waals surface area contributed by atoms with E-state index in [1.165, 1.54) is 51.4 Å². The summed E-state index contributed by atoms with van der Waals surface area (Å²) in [5.41, 5.74) is 0. The van der Waals surface area contributed by atoms with Crippen LogP contribution in [-0.4, -0.2) is 63.4 Å². The minimum atomic E-state index is 0.594. The summed E-state index contributed by atoms with van der Waals surface area (Å²) in [7, 11) is 0. The van der Waals surface area contributed by atoms with Gasteiger partial charge in [-0.15, -0.1) is 0 Å². The Kier molecular flexibility index (Phi) is 11.0. The van der Waals surface area contributed by atoms with E-state index in [-0.39, 0.29) is 0 Å². The topological polar surface area (TPSA) is 60.1 Å². The van der Waals surface area contributed by atoms with E-state index >= 15 is 0 Å². The molecule has 1 saturated carbocycles. The van der Waals surface area contributed by atoms with Gasteiger partial charge in [0.25, 0.3) is 0 Å². The highest BCUT2D eigenvalue weighted by atomic mass is 15.1. The maximum Gasteiger partial charge on any atom is 0.0221 e. The second kappa shape index (κ2) is 13.0. The van der Waals surface area contributed by atoms with Gasteiger partial charge in [-0.05, 0) is 25.7 Å². The minimum Gasteiger partial charge on any atom is -0.314 e. The van der Waals surface area contributed by atoms with Gasteiger partial charge in [0, 0.05) is 63.4 Å². The maximum atomic E-state index is 3.91. The lowest BCUT2D eigenvalue weighted by atomic mass is 9.90. The first-order valence-corrected chi connectivity index (χ1v) is 11.0. The van der Waals surface area contributed by atoms with Crippen LogP contribution in [0.1, 0.15) is 65.2 Å². The lowest BCUT2D eigenvalue weighted by molar-refractivity contribution is 0.272. The smallest absolute Gasteiger partial charge is 0.0221 e. The van der Waals surface area contributed by atoms with Crippen molar-refractivity contribution in [1.29, 1.82) is 0 Å². The van der Waals surface area contributed by atoms with Crippen molar-refractivity contribution in [3.05, 3.63) is 0 Å². The molecule has 1 aliphatic heterocycles. The first kappa shape index (κ1) is 21.1. The van der Waals surface area contributed by atoms with Gasteiger partial charge < -0.3 is 26.6 Å². The van der Waals surface area contributed by atoms with Gasteiger partial charge in [0.15, 0.2) is 0 Å². The molecule has 5 nitrogen and oxygen atoms in total. The Bertz CT molecular complexity index is 325. The van der Waals surface area contributed by atoms with Crippen LogP contribution in [0.25, 0.3) is 0 Å². The van der Waals surface area contributed by atoms with E-state index in [0.29, 0.717) is 24.2 Å². The van der Waals surface area contributed by atoms with Gasteiger partial charge in [0.1, 0.15) is 0 Å². The summed E-state index contributed by atoms with van der Waals surface area (Å²) < 4.78 is 0. The van der Waals surface area contributed by atoms with Crippen LogP contribution in [-0.2, 0) is 0 Å². The molecule has 5 heteroatoms. The summed E-state index contributed by atoms with van der Waals surface area (Å²) in [4.78, 5) is 0. The highest BCUT2D eigenvalue weighted by molar-refractivity contribution is 4.88. The molecule has 0 aromatic heterocycles. The summed E-state index contributed by atoms with van der Waals surface area (Å²) in [6.45, 7) is 11.1. The normalized spacial score (nSPS) is 33.8. The molecule has 0 unspecified atom stereocenters. The van der Waals surface area contributed by atoms with Gasteiger partial charge in [-0.2, -0.15) is 0 Å². The SMILES string of the molecule is CCC[C@@H]1CN[C@@H](CCC)CN[C@@H]2CCCC[C@H]2NCCNCCN1. The zero-order valence-electron chi connectivity index (χ0n) is 16.7. The first-order chi connectivity index (χ1) is 12.3. The molecule has 0 spiro atoms. The molecule has 2 aliphatic rings. The van der Waals surface area contributed by atoms with Gasteiger partial charge in [0.05, 0.1) is 0 Å². The van der Waals surface area contributed by atoms with E-state index in [2.05, 4.69) is 40.4 Å². The summed E-state index contributed by atoms with van der Waals surface area (Å²) in [5.74, 6) is 0. The molecular formula is C20H43N5. The zero-order valence-corrected chi connectivity index (χ0v) is 16.7. The van der Waals surface area contributed by atoms with Crippen molar-refractivity contribution in [3.8, 4) is 0 Å². The fourth-order valence-electron chi connectivity index (χ4n) is 4.31. The Labute approximate surface area is 155 Å². The fraction of sp³-hybridized carbons (Fsp3) is 1.00. The number of hydrogen-bond donors (Lipinski definition) is 5. The third-order valence-electron chi connectivity index (χ3n) is 5.76. The number of nitrogens with one attached hydrogen (secondary N) is 5. The summed E-state index contributed by atoms with van der Waals surface area (Å²) >= 11 is 0. The van der Waals surface area contributed by atoms with Gasteiger partial charge in [-0.3, -0.25) is 0 Å². The second-order valence-electron chi connectivity index (χ2n) is 7.94. The Morgan fingerprint density at radius 3 is 1.88 bits per heavy atom. The second-order valence-corrected chi connectivity index (χ2v) is 7.94. The summed E-state index contributed by atoms with van der Waals surface area (Å²) in [5, 5.41) is 18.9. The molecule has 0 aromatic rings. The number of rotatable bonds is 4. The van der Waals surface area contributed by atoms with E-state index in [4.69, 9.17) is 0 Å². The third-order valence-corrected chi connectivity index (χ3v) is 5.76. The predicted octanol–water partition coefficient (Wildman–Crippen LogP) is 1.60. The third kappa shape index (κ3) is 8.35. The van der Waals surface area contributed by atoms with Crippen molar-refractivity contribution in [3.63, 3.8) is 0 Å². The molecule has 2 fully saturated rings. The van der Waals surface area contributed by atoms with E-state index in [0.717, 1.165) is 39.3 Å². The molecule has 0 radical (unpaired) electrons. The van der Waals surface area contributed by atoms with Crippen molar-refractivity contribution in [1.82, 2.24) is 26.6 Å². The highest BCUT2D eigenvalue weighted by Gasteiger charge is 2.25. The summed E-state index contributed by atoms with van der Waals surface area (Å²) in [6, 6.07) is 2.48. The monoisotopic (exact) mass is 353 g/mol. The van der Waals surface area contributed by atoms with Gasteiger partial charge in [-0.25, -0.2) is 0 Å². The molecule has 5 N–H and O–H groups in total. The molecule has 0 aromatic carbocycles. The molecule has 0 amide bonds. The molecule has 1 aliphatic carbocycles. The molecular weight excluding hydrogens is 310 g/mol.